The maximum atomic E-state index is 5.87. The highest BCUT2D eigenvalue weighted by molar-refractivity contribution is 5.44. The summed E-state index contributed by atoms with van der Waals surface area (Å²) in [6, 6.07) is 6.10. The molecule has 0 bridgehead atoms. The zero-order valence-electron chi connectivity index (χ0n) is 11.9. The first-order chi connectivity index (χ1) is 9.11. The quantitative estimate of drug-likeness (QED) is 0.898. The molecule has 0 fully saturated rings. The van der Waals surface area contributed by atoms with Crippen molar-refractivity contribution in [2.24, 2.45) is 0 Å². The van der Waals surface area contributed by atoms with Crippen molar-refractivity contribution in [2.75, 3.05) is 7.05 Å². The molecule has 102 valence electrons. The lowest BCUT2D eigenvalue weighted by Gasteiger charge is -2.12. The van der Waals surface area contributed by atoms with Gasteiger partial charge in [-0.3, -0.25) is 0 Å². The smallest absolute Gasteiger partial charge is 0.174 e. The Morgan fingerprint density at radius 3 is 2.68 bits per heavy atom. The average Bonchev–Trinajstić information content (AvgIpc) is 2.82. The van der Waals surface area contributed by atoms with Gasteiger partial charge in [-0.1, -0.05) is 17.3 Å². The molecule has 0 unspecified atom stereocenters. The molecule has 4 nitrogen and oxygen atoms in total. The third-order valence-corrected chi connectivity index (χ3v) is 3.20. The third-order valence-electron chi connectivity index (χ3n) is 3.20. The molecule has 0 radical (unpaired) electrons. The molecule has 0 saturated heterocycles. The van der Waals surface area contributed by atoms with Crippen LogP contribution in [0.3, 0.4) is 0 Å². The summed E-state index contributed by atoms with van der Waals surface area (Å²) in [5.74, 6) is 1.68. The number of nitrogens with zero attached hydrogens (tertiary/aromatic N) is 1. The van der Waals surface area contributed by atoms with Crippen LogP contribution in [0.1, 0.15) is 28.1 Å². The van der Waals surface area contributed by atoms with Gasteiger partial charge in [-0.25, -0.2) is 0 Å². The molecule has 0 aliphatic heterocycles. The van der Waals surface area contributed by atoms with E-state index < -0.39 is 0 Å². The summed E-state index contributed by atoms with van der Waals surface area (Å²) in [6.45, 7) is 7.31. The minimum atomic E-state index is 0.405. The van der Waals surface area contributed by atoms with Crippen molar-refractivity contribution in [3.05, 3.63) is 46.3 Å². The van der Waals surface area contributed by atoms with Gasteiger partial charge in [-0.2, -0.15) is 0 Å². The van der Waals surface area contributed by atoms with Gasteiger partial charge in [0.25, 0.3) is 0 Å². The van der Waals surface area contributed by atoms with Crippen LogP contribution in [-0.4, -0.2) is 12.2 Å². The van der Waals surface area contributed by atoms with Crippen LogP contribution in [0.5, 0.6) is 5.75 Å². The Labute approximate surface area is 113 Å². The lowest BCUT2D eigenvalue weighted by atomic mass is 10.1. The maximum absolute atomic E-state index is 5.87. The van der Waals surface area contributed by atoms with E-state index in [1.165, 1.54) is 11.1 Å². The number of aromatic nitrogens is 1. The topological polar surface area (TPSA) is 47.3 Å². The lowest BCUT2D eigenvalue weighted by molar-refractivity contribution is 0.246. The van der Waals surface area contributed by atoms with Crippen LogP contribution < -0.4 is 10.1 Å². The van der Waals surface area contributed by atoms with E-state index in [0.717, 1.165) is 22.8 Å². The largest absolute Gasteiger partial charge is 0.485 e. The van der Waals surface area contributed by atoms with Gasteiger partial charge in [0, 0.05) is 12.6 Å². The fraction of sp³-hybridized carbons (Fsp3) is 0.400. The third kappa shape index (κ3) is 3.15. The SMILES string of the molecule is CNCc1cc(COc2c(C)ccc(C)c2C)on1. The number of hydrogen-bond donors (Lipinski definition) is 1. The number of nitrogens with one attached hydrogen (secondary N) is 1. The molecule has 0 amide bonds. The van der Waals surface area contributed by atoms with Crippen LogP contribution in [-0.2, 0) is 13.2 Å². The molecular formula is C15H20N2O2. The zero-order chi connectivity index (χ0) is 13.8. The van der Waals surface area contributed by atoms with Crippen LogP contribution in [0.25, 0.3) is 0 Å². The Kier molecular flexibility index (Phi) is 4.22. The fourth-order valence-electron chi connectivity index (χ4n) is 1.98. The van der Waals surface area contributed by atoms with Crippen LogP contribution in [0, 0.1) is 20.8 Å². The highest BCUT2D eigenvalue weighted by Gasteiger charge is 2.09. The van der Waals surface area contributed by atoms with E-state index in [0.29, 0.717) is 13.2 Å². The van der Waals surface area contributed by atoms with Crippen molar-refractivity contribution in [3.63, 3.8) is 0 Å². The Balaban J connectivity index is 2.07. The van der Waals surface area contributed by atoms with Crippen molar-refractivity contribution in [1.29, 1.82) is 0 Å². The standard InChI is InChI=1S/C15H20N2O2/c1-10-5-6-11(2)15(12(10)3)18-9-14-7-13(8-16-4)17-19-14/h5-7,16H,8-9H2,1-4H3. The van der Waals surface area contributed by atoms with Crippen LogP contribution in [0.4, 0.5) is 0 Å². The molecule has 1 heterocycles. The Bertz CT molecular complexity index is 561. The van der Waals surface area contributed by atoms with Crippen LogP contribution >= 0.6 is 0 Å². The van der Waals surface area contributed by atoms with E-state index in [1.54, 1.807) is 0 Å². The number of rotatable bonds is 5. The minimum absolute atomic E-state index is 0.405. The normalized spacial score (nSPS) is 10.7. The highest BCUT2D eigenvalue weighted by Crippen LogP contribution is 2.26. The monoisotopic (exact) mass is 260 g/mol. The lowest BCUT2D eigenvalue weighted by Crippen LogP contribution is -2.04. The summed E-state index contributed by atoms with van der Waals surface area (Å²) in [5, 5.41) is 7.00. The summed E-state index contributed by atoms with van der Waals surface area (Å²) in [4.78, 5) is 0. The summed E-state index contributed by atoms with van der Waals surface area (Å²) in [6.07, 6.45) is 0. The molecule has 0 saturated carbocycles. The molecule has 0 spiro atoms. The summed E-state index contributed by atoms with van der Waals surface area (Å²) >= 11 is 0. The van der Waals surface area contributed by atoms with Gasteiger partial charge in [0.15, 0.2) is 5.76 Å². The van der Waals surface area contributed by atoms with Gasteiger partial charge in [-0.15, -0.1) is 0 Å². The number of hydrogen-bond acceptors (Lipinski definition) is 4. The van der Waals surface area contributed by atoms with Gasteiger partial charge < -0.3 is 14.6 Å². The molecule has 2 rings (SSSR count). The Morgan fingerprint density at radius 2 is 1.95 bits per heavy atom. The Morgan fingerprint density at radius 1 is 1.21 bits per heavy atom. The second kappa shape index (κ2) is 5.89. The summed E-state index contributed by atoms with van der Waals surface area (Å²) in [7, 11) is 1.88. The molecule has 4 heteroatoms. The molecule has 2 aromatic rings. The zero-order valence-corrected chi connectivity index (χ0v) is 11.9. The van der Waals surface area contributed by atoms with E-state index in [2.05, 4.69) is 43.4 Å². The first kappa shape index (κ1) is 13.6. The van der Waals surface area contributed by atoms with Crippen molar-refractivity contribution in [2.45, 2.75) is 33.9 Å². The van der Waals surface area contributed by atoms with Gasteiger partial charge in [0.05, 0.1) is 5.69 Å². The molecule has 1 N–H and O–H groups in total. The molecular weight excluding hydrogens is 240 g/mol. The molecule has 1 aromatic heterocycles. The highest BCUT2D eigenvalue weighted by atomic mass is 16.5. The summed E-state index contributed by atoms with van der Waals surface area (Å²) in [5.41, 5.74) is 4.43. The molecule has 0 aliphatic rings. The van der Waals surface area contributed by atoms with E-state index in [9.17, 15) is 0 Å². The number of aryl methyl sites for hydroxylation is 2. The summed E-state index contributed by atoms with van der Waals surface area (Å²) < 4.78 is 11.1. The van der Waals surface area contributed by atoms with Crippen molar-refractivity contribution >= 4 is 0 Å². The van der Waals surface area contributed by atoms with E-state index in [4.69, 9.17) is 9.26 Å². The molecule has 19 heavy (non-hydrogen) atoms. The first-order valence-electron chi connectivity index (χ1n) is 6.40. The van der Waals surface area contributed by atoms with Gasteiger partial charge in [0.2, 0.25) is 0 Å². The number of ether oxygens (including phenoxy) is 1. The average molecular weight is 260 g/mol. The van der Waals surface area contributed by atoms with Crippen molar-refractivity contribution < 1.29 is 9.26 Å². The van der Waals surface area contributed by atoms with Crippen LogP contribution in [0.15, 0.2) is 22.7 Å². The fourth-order valence-corrected chi connectivity index (χ4v) is 1.98. The van der Waals surface area contributed by atoms with Crippen LogP contribution in [0.2, 0.25) is 0 Å². The second-order valence-electron chi connectivity index (χ2n) is 4.76. The van der Waals surface area contributed by atoms with E-state index in [1.807, 2.05) is 13.1 Å². The van der Waals surface area contributed by atoms with Crippen molar-refractivity contribution in [3.8, 4) is 5.75 Å². The predicted molar refractivity (Wildman–Crippen MR) is 74.3 cm³/mol. The predicted octanol–water partition coefficient (Wildman–Crippen LogP) is 2.90. The van der Waals surface area contributed by atoms with E-state index >= 15 is 0 Å². The second-order valence-corrected chi connectivity index (χ2v) is 4.76. The molecule has 0 atom stereocenters. The molecule has 1 aromatic carbocycles. The Hall–Kier alpha value is -1.81. The first-order valence-corrected chi connectivity index (χ1v) is 6.40. The van der Waals surface area contributed by atoms with E-state index in [-0.39, 0.29) is 0 Å². The number of benzene rings is 1. The molecule has 0 aliphatic carbocycles. The minimum Gasteiger partial charge on any atom is -0.485 e. The maximum Gasteiger partial charge on any atom is 0.174 e. The van der Waals surface area contributed by atoms with Gasteiger partial charge in [-0.05, 0) is 44.5 Å². The van der Waals surface area contributed by atoms with Crippen molar-refractivity contribution in [1.82, 2.24) is 10.5 Å². The van der Waals surface area contributed by atoms with Gasteiger partial charge >= 0.3 is 0 Å². The van der Waals surface area contributed by atoms with Gasteiger partial charge in [0.1, 0.15) is 12.4 Å².